The summed E-state index contributed by atoms with van der Waals surface area (Å²) in [4.78, 5) is 24.2. The first-order chi connectivity index (χ1) is 18.4. The Balaban J connectivity index is 1.19. The molecule has 0 radical (unpaired) electrons. The molecule has 0 saturated carbocycles. The number of ether oxygens (including phenoxy) is 1. The number of piperidine rings is 1. The maximum absolute atomic E-state index is 13.2. The van der Waals surface area contributed by atoms with Crippen LogP contribution in [0.4, 0.5) is 20.3 Å². The van der Waals surface area contributed by atoms with Crippen LogP contribution in [0.2, 0.25) is 0 Å². The lowest BCUT2D eigenvalue weighted by atomic mass is 9.73. The lowest BCUT2D eigenvalue weighted by molar-refractivity contribution is -0.0498. The van der Waals surface area contributed by atoms with E-state index in [-0.39, 0.29) is 11.7 Å². The molecule has 2 aliphatic rings. The average Bonchev–Trinajstić information content (AvgIpc) is 3.33. The number of hydrogen-bond acceptors (Lipinski definition) is 6. The van der Waals surface area contributed by atoms with Crippen molar-refractivity contribution in [2.75, 3.05) is 31.5 Å². The van der Waals surface area contributed by atoms with Crippen LogP contribution in [-0.2, 0) is 0 Å². The van der Waals surface area contributed by atoms with Gasteiger partial charge in [-0.15, -0.1) is 0 Å². The van der Waals surface area contributed by atoms with Gasteiger partial charge < -0.3 is 20.3 Å². The Hall–Kier alpha value is -4.05. The second kappa shape index (κ2) is 9.68. The summed E-state index contributed by atoms with van der Waals surface area (Å²) in [7, 11) is 0. The van der Waals surface area contributed by atoms with E-state index in [0.717, 1.165) is 61.5 Å². The Morgan fingerprint density at radius 1 is 1.11 bits per heavy atom. The maximum Gasteiger partial charge on any atom is 0.387 e. The first kappa shape index (κ1) is 24.3. The van der Waals surface area contributed by atoms with Gasteiger partial charge in [0.2, 0.25) is 0 Å². The third-order valence-electron chi connectivity index (χ3n) is 7.63. The number of alkyl halides is 2. The molecule has 1 spiro atoms. The van der Waals surface area contributed by atoms with Crippen LogP contribution < -0.4 is 15.4 Å². The normalized spacial score (nSPS) is 16.6. The highest BCUT2D eigenvalue weighted by molar-refractivity contribution is 5.96. The van der Waals surface area contributed by atoms with E-state index in [1.807, 2.05) is 34.4 Å². The highest BCUT2D eigenvalue weighted by Gasteiger charge is 2.40. The topological polar surface area (TPSA) is 83.8 Å². The number of benzene rings is 2. The van der Waals surface area contributed by atoms with E-state index in [0.29, 0.717) is 22.4 Å². The summed E-state index contributed by atoms with van der Waals surface area (Å²) >= 11 is 0. The first-order valence-corrected chi connectivity index (χ1v) is 12.7. The summed E-state index contributed by atoms with van der Waals surface area (Å²) in [5.41, 5.74) is 5.00. The van der Waals surface area contributed by atoms with Crippen LogP contribution in [0.25, 0.3) is 16.9 Å². The fourth-order valence-corrected chi connectivity index (χ4v) is 5.33. The van der Waals surface area contributed by atoms with Gasteiger partial charge in [0, 0.05) is 55.4 Å². The van der Waals surface area contributed by atoms with Crippen LogP contribution in [0.1, 0.15) is 28.8 Å². The fraction of sp³-hybridized carbons (Fsp3) is 0.321. The third-order valence-corrected chi connectivity index (χ3v) is 7.63. The zero-order valence-electron chi connectivity index (χ0n) is 21.0. The highest BCUT2D eigenvalue weighted by Crippen LogP contribution is 2.35. The Labute approximate surface area is 218 Å². The lowest BCUT2D eigenvalue weighted by Crippen LogP contribution is -2.58. The minimum atomic E-state index is -2.87. The molecular formula is C28H28F2N6O2. The summed E-state index contributed by atoms with van der Waals surface area (Å²) in [6, 6.07) is 12.1. The van der Waals surface area contributed by atoms with Crippen LogP contribution >= 0.6 is 0 Å². The minimum Gasteiger partial charge on any atom is -0.435 e. The molecule has 2 aliphatic heterocycles. The van der Waals surface area contributed by atoms with Crippen LogP contribution in [0, 0.1) is 12.3 Å². The molecule has 0 atom stereocenters. The van der Waals surface area contributed by atoms with Gasteiger partial charge in [0.15, 0.2) is 11.5 Å². The zero-order valence-corrected chi connectivity index (χ0v) is 21.0. The number of halogens is 2. The molecule has 4 heterocycles. The van der Waals surface area contributed by atoms with Crippen molar-refractivity contribution in [3.63, 3.8) is 0 Å². The second-order valence-corrected chi connectivity index (χ2v) is 10.1. The number of nitrogens with one attached hydrogen (secondary N) is 2. The number of hydrogen-bond donors (Lipinski definition) is 2. The van der Waals surface area contributed by atoms with Gasteiger partial charge in [-0.3, -0.25) is 9.20 Å². The monoisotopic (exact) mass is 518 g/mol. The summed E-state index contributed by atoms with van der Waals surface area (Å²) < 4.78 is 31.3. The molecule has 2 aromatic carbocycles. The van der Waals surface area contributed by atoms with Gasteiger partial charge in [-0.1, -0.05) is 0 Å². The van der Waals surface area contributed by atoms with Crippen molar-refractivity contribution in [3.8, 4) is 17.0 Å². The second-order valence-electron chi connectivity index (χ2n) is 10.1. The Bertz CT molecular complexity index is 1470. The molecule has 196 valence electrons. The average molecular weight is 519 g/mol. The number of amides is 1. The maximum atomic E-state index is 13.2. The van der Waals surface area contributed by atoms with Crippen LogP contribution in [0.15, 0.2) is 61.1 Å². The predicted octanol–water partition coefficient (Wildman–Crippen LogP) is 4.88. The van der Waals surface area contributed by atoms with E-state index < -0.39 is 6.61 Å². The zero-order chi connectivity index (χ0) is 26.3. The van der Waals surface area contributed by atoms with Crippen LogP contribution in [-0.4, -0.2) is 58.0 Å². The van der Waals surface area contributed by atoms with Crippen molar-refractivity contribution in [1.82, 2.24) is 24.6 Å². The summed E-state index contributed by atoms with van der Waals surface area (Å²) in [5.74, 6) is 0.739. The number of fused-ring (bicyclic) bond motifs is 1. The van der Waals surface area contributed by atoms with Gasteiger partial charge in [0.25, 0.3) is 5.91 Å². The largest absolute Gasteiger partial charge is 0.435 e. The number of rotatable bonds is 6. The van der Waals surface area contributed by atoms with Crippen LogP contribution in [0.3, 0.4) is 0 Å². The molecule has 1 amide bonds. The summed E-state index contributed by atoms with van der Waals surface area (Å²) in [5, 5.41) is 6.69. The van der Waals surface area contributed by atoms with Crippen LogP contribution in [0.5, 0.6) is 5.75 Å². The SMILES string of the molecule is Cc1cc(Nc2nccn3c(-c4ccc(OC(F)F)cc4)cnc23)ccc1C(=O)N1CCC2(CC1)CNC2. The van der Waals surface area contributed by atoms with Gasteiger partial charge in [-0.05, 0) is 73.2 Å². The van der Waals surface area contributed by atoms with Gasteiger partial charge in [-0.2, -0.15) is 8.78 Å². The number of carbonyl (C=O) groups excluding carboxylic acids is 1. The van der Waals surface area contributed by atoms with Crippen molar-refractivity contribution in [2.45, 2.75) is 26.4 Å². The van der Waals surface area contributed by atoms with E-state index in [2.05, 4.69) is 25.3 Å². The van der Waals surface area contributed by atoms with E-state index in [9.17, 15) is 13.6 Å². The molecule has 0 aliphatic carbocycles. The van der Waals surface area contributed by atoms with Crippen molar-refractivity contribution in [1.29, 1.82) is 0 Å². The van der Waals surface area contributed by atoms with E-state index in [1.54, 1.807) is 30.7 Å². The standard InChI is InChI=1S/C28H28F2N6O2/c1-18-14-20(4-7-22(18)26(37)35-11-8-28(9-12-35)16-31-17-28)34-24-25-33-15-23(36(25)13-10-32-24)19-2-5-21(6-3-19)38-27(29)30/h2-7,10,13-15,27,31H,8-9,11-12,16-17H2,1H3,(H,32,34). The fourth-order valence-electron chi connectivity index (χ4n) is 5.33. The Morgan fingerprint density at radius 3 is 2.53 bits per heavy atom. The lowest BCUT2D eigenvalue weighted by Gasteiger charge is -2.48. The van der Waals surface area contributed by atoms with Gasteiger partial charge >= 0.3 is 6.61 Å². The molecule has 2 fully saturated rings. The molecular weight excluding hydrogens is 490 g/mol. The predicted molar refractivity (Wildman–Crippen MR) is 140 cm³/mol. The summed E-state index contributed by atoms with van der Waals surface area (Å²) in [6.07, 6.45) is 7.28. The van der Waals surface area contributed by atoms with Gasteiger partial charge in [0.05, 0.1) is 11.9 Å². The molecule has 2 N–H and O–H groups in total. The number of likely N-dealkylation sites (tertiary alicyclic amines) is 1. The van der Waals surface area contributed by atoms with E-state index in [4.69, 9.17) is 0 Å². The molecule has 8 nitrogen and oxygen atoms in total. The number of nitrogens with zero attached hydrogens (tertiary/aromatic N) is 4. The van der Waals surface area contributed by atoms with Gasteiger partial charge in [-0.25, -0.2) is 9.97 Å². The first-order valence-electron chi connectivity index (χ1n) is 12.7. The number of aromatic nitrogens is 3. The Kier molecular flexibility index (Phi) is 6.19. The van der Waals surface area contributed by atoms with Crippen molar-refractivity contribution in [2.24, 2.45) is 5.41 Å². The quantitative estimate of drug-likeness (QED) is 0.379. The van der Waals surface area contributed by atoms with E-state index >= 15 is 0 Å². The summed E-state index contributed by atoms with van der Waals surface area (Å²) in [6.45, 7) is 2.81. The highest BCUT2D eigenvalue weighted by atomic mass is 19.3. The molecule has 38 heavy (non-hydrogen) atoms. The third kappa shape index (κ3) is 4.56. The van der Waals surface area contributed by atoms with E-state index in [1.165, 1.54) is 12.1 Å². The van der Waals surface area contributed by atoms with Crippen molar-refractivity contribution in [3.05, 3.63) is 72.2 Å². The van der Waals surface area contributed by atoms with Crippen molar-refractivity contribution >= 4 is 23.1 Å². The number of aryl methyl sites for hydroxylation is 1. The van der Waals surface area contributed by atoms with Crippen molar-refractivity contribution < 1.29 is 18.3 Å². The number of imidazole rings is 1. The molecule has 2 aromatic heterocycles. The number of carbonyl (C=O) groups is 1. The Morgan fingerprint density at radius 2 is 1.87 bits per heavy atom. The molecule has 10 heteroatoms. The molecule has 4 aromatic rings. The molecule has 6 rings (SSSR count). The van der Waals surface area contributed by atoms with Gasteiger partial charge in [0.1, 0.15) is 5.75 Å². The molecule has 0 bridgehead atoms. The number of anilines is 2. The molecule has 2 saturated heterocycles. The smallest absolute Gasteiger partial charge is 0.387 e. The molecule has 0 unspecified atom stereocenters. The minimum absolute atomic E-state index is 0.0827.